The molecule has 3 rings (SSSR count). The van der Waals surface area contributed by atoms with Gasteiger partial charge in [0.2, 0.25) is 0 Å². The number of nitrogens with one attached hydrogen (secondary N) is 2. The molecule has 136 valence electrons. The van der Waals surface area contributed by atoms with Gasteiger partial charge in [0.15, 0.2) is 0 Å². The van der Waals surface area contributed by atoms with Crippen molar-refractivity contribution < 1.29 is 14.6 Å². The minimum absolute atomic E-state index is 0.00708. The Morgan fingerprint density at radius 1 is 1.28 bits per heavy atom. The summed E-state index contributed by atoms with van der Waals surface area (Å²) in [5.74, 6) is 0.439. The quantitative estimate of drug-likeness (QED) is 0.719. The van der Waals surface area contributed by atoms with E-state index in [0.717, 1.165) is 25.9 Å². The first-order valence-electron chi connectivity index (χ1n) is 9.17. The summed E-state index contributed by atoms with van der Waals surface area (Å²) in [6, 6.07) is 8.31. The molecule has 0 radical (unpaired) electrons. The van der Waals surface area contributed by atoms with Crippen LogP contribution in [0.15, 0.2) is 36.4 Å². The number of rotatable bonds is 5. The van der Waals surface area contributed by atoms with Gasteiger partial charge in [0.25, 0.3) is 0 Å². The molecule has 1 aromatic carbocycles. The van der Waals surface area contributed by atoms with Crippen LogP contribution in [0, 0.1) is 18.8 Å². The molecule has 1 saturated heterocycles. The zero-order chi connectivity index (χ0) is 17.6. The van der Waals surface area contributed by atoms with Crippen LogP contribution in [0.25, 0.3) is 0 Å². The fraction of sp³-hybridized carbons (Fsp3) is 0.550. The van der Waals surface area contributed by atoms with Crippen LogP contribution in [0.4, 0.5) is 4.79 Å². The third-order valence-corrected chi connectivity index (χ3v) is 5.10. The van der Waals surface area contributed by atoms with Crippen LogP contribution in [0.2, 0.25) is 0 Å². The van der Waals surface area contributed by atoms with Crippen molar-refractivity contribution in [1.82, 2.24) is 10.6 Å². The molecule has 0 spiro atoms. The molecule has 1 fully saturated rings. The van der Waals surface area contributed by atoms with Crippen molar-refractivity contribution in [1.29, 1.82) is 0 Å². The van der Waals surface area contributed by atoms with Gasteiger partial charge in [0.05, 0.1) is 6.10 Å². The molecule has 0 unspecified atom stereocenters. The molecule has 25 heavy (non-hydrogen) atoms. The Balaban J connectivity index is 1.51. The molecular weight excluding hydrogens is 316 g/mol. The minimum atomic E-state index is -0.151. The zero-order valence-electron chi connectivity index (χ0n) is 14.8. The minimum Gasteiger partial charge on any atom is -0.396 e. The SMILES string of the molecule is Cc1ccc([C@H]2OCCC[C@@H]2CNC(=O)N[C@@H]2C=C[C@H](CO)C2)cc1. The maximum Gasteiger partial charge on any atom is 0.315 e. The van der Waals surface area contributed by atoms with Gasteiger partial charge in [-0.1, -0.05) is 42.0 Å². The van der Waals surface area contributed by atoms with Crippen molar-refractivity contribution >= 4 is 6.03 Å². The predicted octanol–water partition coefficient (Wildman–Crippen LogP) is 2.70. The first kappa shape index (κ1) is 18.0. The Morgan fingerprint density at radius 2 is 2.08 bits per heavy atom. The van der Waals surface area contributed by atoms with E-state index < -0.39 is 0 Å². The molecule has 2 amide bonds. The van der Waals surface area contributed by atoms with E-state index in [0.29, 0.717) is 6.54 Å². The van der Waals surface area contributed by atoms with Crippen molar-refractivity contribution in [3.05, 3.63) is 47.5 Å². The fourth-order valence-corrected chi connectivity index (χ4v) is 3.64. The van der Waals surface area contributed by atoms with Gasteiger partial charge in [0.1, 0.15) is 0 Å². The summed E-state index contributed by atoms with van der Waals surface area (Å²) < 4.78 is 6.00. The number of carbonyl (C=O) groups is 1. The van der Waals surface area contributed by atoms with Crippen LogP contribution >= 0.6 is 0 Å². The largest absolute Gasteiger partial charge is 0.396 e. The Morgan fingerprint density at radius 3 is 2.80 bits per heavy atom. The molecule has 0 aromatic heterocycles. The third kappa shape index (κ3) is 4.83. The zero-order valence-corrected chi connectivity index (χ0v) is 14.8. The van der Waals surface area contributed by atoms with Crippen LogP contribution in [0.5, 0.6) is 0 Å². The average molecular weight is 344 g/mol. The second-order valence-electron chi connectivity index (χ2n) is 7.13. The number of hydrogen-bond acceptors (Lipinski definition) is 3. The van der Waals surface area contributed by atoms with Gasteiger partial charge in [-0.05, 0) is 31.7 Å². The standard InChI is InChI=1S/C20H28N2O3/c1-14-4-7-16(8-5-14)19-17(3-2-10-25-19)12-21-20(24)22-18-9-6-15(11-18)13-23/h4-9,15,17-19,23H,2-3,10-13H2,1H3,(H2,21,22,24)/t15-,17+,18+,19+/m0/s1. The van der Waals surface area contributed by atoms with E-state index in [2.05, 4.69) is 41.8 Å². The number of carbonyl (C=O) groups excluding carboxylic acids is 1. The van der Waals surface area contributed by atoms with Gasteiger partial charge in [-0.3, -0.25) is 0 Å². The van der Waals surface area contributed by atoms with Crippen molar-refractivity contribution in [3.63, 3.8) is 0 Å². The molecular formula is C20H28N2O3. The van der Waals surface area contributed by atoms with Gasteiger partial charge in [-0.15, -0.1) is 0 Å². The van der Waals surface area contributed by atoms with Gasteiger partial charge in [-0.2, -0.15) is 0 Å². The first-order valence-corrected chi connectivity index (χ1v) is 9.17. The van der Waals surface area contributed by atoms with Gasteiger partial charge < -0.3 is 20.5 Å². The average Bonchev–Trinajstić information content (AvgIpc) is 3.08. The van der Waals surface area contributed by atoms with E-state index in [1.807, 2.05) is 12.2 Å². The Hall–Kier alpha value is -1.85. The third-order valence-electron chi connectivity index (χ3n) is 5.10. The molecule has 1 heterocycles. The van der Waals surface area contributed by atoms with Crippen molar-refractivity contribution in [3.8, 4) is 0 Å². The number of aliphatic hydroxyl groups is 1. The molecule has 1 aliphatic carbocycles. The maximum atomic E-state index is 12.2. The first-order chi connectivity index (χ1) is 12.2. The molecule has 5 nitrogen and oxygen atoms in total. The predicted molar refractivity (Wildman–Crippen MR) is 97.3 cm³/mol. The van der Waals surface area contributed by atoms with Crippen LogP contribution in [0.3, 0.4) is 0 Å². The summed E-state index contributed by atoms with van der Waals surface area (Å²) in [6.45, 7) is 3.59. The lowest BCUT2D eigenvalue weighted by atomic mass is 9.89. The molecule has 0 saturated carbocycles. The van der Waals surface area contributed by atoms with E-state index in [9.17, 15) is 4.79 Å². The van der Waals surface area contributed by atoms with Gasteiger partial charge in [0, 0.05) is 37.6 Å². The normalized spacial score (nSPS) is 28.7. The van der Waals surface area contributed by atoms with Crippen molar-refractivity contribution in [2.75, 3.05) is 19.8 Å². The van der Waals surface area contributed by atoms with Crippen LogP contribution < -0.4 is 10.6 Å². The van der Waals surface area contributed by atoms with Crippen LogP contribution in [-0.2, 0) is 4.74 Å². The number of hydrogen-bond donors (Lipinski definition) is 3. The number of aliphatic hydroxyl groups excluding tert-OH is 1. The number of ether oxygens (including phenoxy) is 1. The highest BCUT2D eigenvalue weighted by Crippen LogP contribution is 2.33. The fourth-order valence-electron chi connectivity index (χ4n) is 3.64. The Labute approximate surface area is 149 Å². The lowest BCUT2D eigenvalue weighted by Gasteiger charge is -2.32. The summed E-state index contributed by atoms with van der Waals surface area (Å²) in [5, 5.41) is 15.1. The molecule has 1 aromatic rings. The summed E-state index contributed by atoms with van der Waals surface area (Å²) in [6.07, 6.45) is 6.81. The van der Waals surface area contributed by atoms with E-state index in [4.69, 9.17) is 9.84 Å². The second kappa shape index (κ2) is 8.50. The molecule has 2 aliphatic rings. The lowest BCUT2D eigenvalue weighted by Crippen LogP contribution is -2.44. The van der Waals surface area contributed by atoms with Crippen molar-refractivity contribution in [2.24, 2.45) is 11.8 Å². The highest BCUT2D eigenvalue weighted by molar-refractivity contribution is 5.74. The molecule has 4 atom stereocenters. The highest BCUT2D eigenvalue weighted by atomic mass is 16.5. The van der Waals surface area contributed by atoms with Crippen molar-refractivity contribution in [2.45, 2.75) is 38.3 Å². The van der Waals surface area contributed by atoms with Gasteiger partial charge in [-0.25, -0.2) is 4.79 Å². The van der Waals surface area contributed by atoms with E-state index >= 15 is 0 Å². The highest BCUT2D eigenvalue weighted by Gasteiger charge is 2.28. The monoisotopic (exact) mass is 344 g/mol. The van der Waals surface area contributed by atoms with E-state index in [1.54, 1.807) is 0 Å². The number of urea groups is 1. The smallest absolute Gasteiger partial charge is 0.315 e. The molecule has 5 heteroatoms. The maximum absolute atomic E-state index is 12.2. The number of benzene rings is 1. The molecule has 3 N–H and O–H groups in total. The molecule has 0 bridgehead atoms. The van der Waals surface area contributed by atoms with E-state index in [1.165, 1.54) is 11.1 Å². The number of aryl methyl sites for hydroxylation is 1. The summed E-state index contributed by atoms with van der Waals surface area (Å²) in [4.78, 5) is 12.2. The van der Waals surface area contributed by atoms with E-state index in [-0.39, 0.29) is 36.6 Å². The second-order valence-corrected chi connectivity index (χ2v) is 7.13. The van der Waals surface area contributed by atoms with Crippen LogP contribution in [0.1, 0.15) is 36.5 Å². The molecule has 1 aliphatic heterocycles. The Kier molecular flexibility index (Phi) is 6.10. The topological polar surface area (TPSA) is 70.6 Å². The Bertz CT molecular complexity index is 599. The van der Waals surface area contributed by atoms with Crippen LogP contribution in [-0.4, -0.2) is 36.9 Å². The lowest BCUT2D eigenvalue weighted by molar-refractivity contribution is -0.0269. The summed E-state index contributed by atoms with van der Waals surface area (Å²) in [5.41, 5.74) is 2.42. The summed E-state index contributed by atoms with van der Waals surface area (Å²) >= 11 is 0. The number of amides is 2. The van der Waals surface area contributed by atoms with Gasteiger partial charge >= 0.3 is 6.03 Å². The summed E-state index contributed by atoms with van der Waals surface area (Å²) in [7, 11) is 0.